The fraction of sp³-hybridized carbons (Fsp3) is 0.231. The van der Waals surface area contributed by atoms with Gasteiger partial charge in [-0.3, -0.25) is 4.72 Å². The van der Waals surface area contributed by atoms with Gasteiger partial charge in [-0.1, -0.05) is 12.1 Å². The molecular weight excluding hydrogens is 264 g/mol. The molecule has 0 amide bonds. The molecule has 0 radical (unpaired) electrons. The first kappa shape index (κ1) is 13.6. The van der Waals surface area contributed by atoms with Crippen LogP contribution in [0.25, 0.3) is 0 Å². The number of aryl methyl sites for hydroxylation is 2. The molecule has 1 aromatic carbocycles. The number of furan rings is 1. The topological polar surface area (TPSA) is 85.3 Å². The number of nitrogens with one attached hydrogen (secondary N) is 1. The van der Waals surface area contributed by atoms with Gasteiger partial charge in [0.15, 0.2) is 0 Å². The lowest BCUT2D eigenvalue weighted by molar-refractivity contribution is 0.417. The van der Waals surface area contributed by atoms with Gasteiger partial charge in [0.05, 0.1) is 12.2 Å². The van der Waals surface area contributed by atoms with E-state index in [-0.39, 0.29) is 11.6 Å². The molecule has 3 N–H and O–H groups in total. The van der Waals surface area contributed by atoms with E-state index in [9.17, 15) is 8.42 Å². The molecule has 19 heavy (non-hydrogen) atoms. The van der Waals surface area contributed by atoms with Crippen molar-refractivity contribution in [3.63, 3.8) is 0 Å². The Balaban J connectivity index is 2.33. The minimum atomic E-state index is -3.71. The normalized spacial score (nSPS) is 11.5. The van der Waals surface area contributed by atoms with Gasteiger partial charge in [0, 0.05) is 0 Å². The maximum atomic E-state index is 12.1. The van der Waals surface area contributed by atoms with Crippen LogP contribution in [0.1, 0.15) is 16.9 Å². The van der Waals surface area contributed by atoms with Gasteiger partial charge in [0.2, 0.25) is 5.09 Å². The summed E-state index contributed by atoms with van der Waals surface area (Å²) in [4.78, 5) is 0. The fourth-order valence-electron chi connectivity index (χ4n) is 1.65. The molecule has 2 rings (SSSR count). The fourth-order valence-corrected chi connectivity index (χ4v) is 2.73. The summed E-state index contributed by atoms with van der Waals surface area (Å²) in [6.07, 6.45) is 0. The van der Waals surface area contributed by atoms with Crippen LogP contribution in [0.5, 0.6) is 0 Å². The van der Waals surface area contributed by atoms with E-state index in [1.165, 1.54) is 6.07 Å². The van der Waals surface area contributed by atoms with Gasteiger partial charge in [0.25, 0.3) is 10.0 Å². The predicted octanol–water partition coefficient (Wildman–Crippen LogP) is 2.16. The summed E-state index contributed by atoms with van der Waals surface area (Å²) in [5.41, 5.74) is 7.77. The zero-order valence-electron chi connectivity index (χ0n) is 10.8. The first-order valence-electron chi connectivity index (χ1n) is 5.81. The highest BCUT2D eigenvalue weighted by atomic mass is 32.2. The molecule has 0 aliphatic rings. The van der Waals surface area contributed by atoms with E-state index >= 15 is 0 Å². The summed E-state index contributed by atoms with van der Waals surface area (Å²) in [7, 11) is -3.71. The molecule has 1 aromatic heterocycles. The first-order chi connectivity index (χ1) is 8.92. The number of nitrogens with two attached hydrogens (primary N) is 1. The number of sulfonamides is 1. The maximum absolute atomic E-state index is 12.1. The Morgan fingerprint density at radius 2 is 1.95 bits per heavy atom. The average molecular weight is 280 g/mol. The van der Waals surface area contributed by atoms with Crippen molar-refractivity contribution in [3.8, 4) is 0 Å². The summed E-state index contributed by atoms with van der Waals surface area (Å²) in [5, 5.41) is -0.131. The lowest BCUT2D eigenvalue weighted by Gasteiger charge is -2.09. The second-order valence-corrected chi connectivity index (χ2v) is 5.96. The van der Waals surface area contributed by atoms with Crippen molar-refractivity contribution < 1.29 is 12.8 Å². The molecule has 0 aliphatic carbocycles. The number of benzene rings is 1. The third-order valence-electron chi connectivity index (χ3n) is 2.74. The highest BCUT2D eigenvalue weighted by molar-refractivity contribution is 7.92. The highest BCUT2D eigenvalue weighted by Gasteiger charge is 2.19. The predicted molar refractivity (Wildman–Crippen MR) is 73.3 cm³/mol. The summed E-state index contributed by atoms with van der Waals surface area (Å²) < 4.78 is 32.0. The Kier molecular flexibility index (Phi) is 3.64. The van der Waals surface area contributed by atoms with E-state index in [0.717, 1.165) is 11.1 Å². The molecular formula is C13H16N2O3S. The molecule has 0 saturated carbocycles. The van der Waals surface area contributed by atoms with Crippen molar-refractivity contribution in [2.45, 2.75) is 25.5 Å². The Labute approximate surface area is 112 Å². The molecule has 0 spiro atoms. The Morgan fingerprint density at radius 1 is 1.21 bits per heavy atom. The molecule has 102 valence electrons. The third-order valence-corrected chi connectivity index (χ3v) is 3.98. The summed E-state index contributed by atoms with van der Waals surface area (Å²) >= 11 is 0. The molecule has 1 heterocycles. The Morgan fingerprint density at radius 3 is 2.58 bits per heavy atom. The maximum Gasteiger partial charge on any atom is 0.295 e. The molecule has 5 nitrogen and oxygen atoms in total. The van der Waals surface area contributed by atoms with Gasteiger partial charge >= 0.3 is 0 Å². The van der Waals surface area contributed by atoms with Crippen molar-refractivity contribution in [3.05, 3.63) is 47.2 Å². The van der Waals surface area contributed by atoms with E-state index < -0.39 is 10.0 Å². The largest absolute Gasteiger partial charge is 0.446 e. The smallest absolute Gasteiger partial charge is 0.295 e. The number of hydrogen-bond donors (Lipinski definition) is 2. The molecule has 0 bridgehead atoms. The molecule has 6 heteroatoms. The Bertz CT molecular complexity index is 690. The Hall–Kier alpha value is -1.79. The van der Waals surface area contributed by atoms with Gasteiger partial charge in [-0.15, -0.1) is 0 Å². The van der Waals surface area contributed by atoms with Crippen LogP contribution in [0, 0.1) is 13.8 Å². The van der Waals surface area contributed by atoms with Gasteiger partial charge in [-0.25, -0.2) is 0 Å². The van der Waals surface area contributed by atoms with Crippen LogP contribution >= 0.6 is 0 Å². The highest BCUT2D eigenvalue weighted by Crippen LogP contribution is 2.22. The molecule has 2 aromatic rings. The second-order valence-electron chi connectivity index (χ2n) is 4.35. The summed E-state index contributed by atoms with van der Waals surface area (Å²) in [5.74, 6) is 0.432. The van der Waals surface area contributed by atoms with E-state index in [0.29, 0.717) is 11.4 Å². The lowest BCUT2D eigenvalue weighted by atomic mass is 10.1. The van der Waals surface area contributed by atoms with Crippen LogP contribution in [-0.2, 0) is 16.6 Å². The lowest BCUT2D eigenvalue weighted by Crippen LogP contribution is -2.13. The standard InChI is InChI=1S/C13H16N2O3S/c1-9-3-4-10(2)12(7-9)15-19(16,17)13-6-5-11(8-14)18-13/h3-7,15H,8,14H2,1-2H3. The zero-order valence-corrected chi connectivity index (χ0v) is 11.6. The monoisotopic (exact) mass is 280 g/mol. The van der Waals surface area contributed by atoms with Crippen molar-refractivity contribution >= 4 is 15.7 Å². The zero-order chi connectivity index (χ0) is 14.0. The van der Waals surface area contributed by atoms with Crippen LogP contribution in [0.4, 0.5) is 5.69 Å². The van der Waals surface area contributed by atoms with Crippen molar-refractivity contribution in [2.24, 2.45) is 5.73 Å². The van der Waals surface area contributed by atoms with Gasteiger partial charge in [-0.05, 0) is 43.2 Å². The minimum Gasteiger partial charge on any atom is -0.446 e. The SMILES string of the molecule is Cc1ccc(C)c(NS(=O)(=O)c2ccc(CN)o2)c1. The molecule has 0 saturated heterocycles. The van der Waals surface area contributed by atoms with Crippen molar-refractivity contribution in [1.29, 1.82) is 0 Å². The van der Waals surface area contributed by atoms with Crippen molar-refractivity contribution in [1.82, 2.24) is 0 Å². The van der Waals surface area contributed by atoms with Gasteiger partial charge < -0.3 is 10.2 Å². The number of rotatable bonds is 4. The summed E-state index contributed by atoms with van der Waals surface area (Å²) in [6, 6.07) is 8.51. The van der Waals surface area contributed by atoms with Crippen LogP contribution < -0.4 is 10.5 Å². The minimum absolute atomic E-state index is 0.131. The van der Waals surface area contributed by atoms with E-state index in [1.807, 2.05) is 26.0 Å². The van der Waals surface area contributed by atoms with Crippen LogP contribution in [-0.4, -0.2) is 8.42 Å². The number of hydrogen-bond acceptors (Lipinski definition) is 4. The van der Waals surface area contributed by atoms with E-state index in [4.69, 9.17) is 10.2 Å². The van der Waals surface area contributed by atoms with E-state index in [1.54, 1.807) is 12.1 Å². The van der Waals surface area contributed by atoms with Crippen LogP contribution in [0.2, 0.25) is 0 Å². The third kappa shape index (κ3) is 2.97. The molecule has 0 unspecified atom stereocenters. The van der Waals surface area contributed by atoms with Crippen LogP contribution in [0.3, 0.4) is 0 Å². The van der Waals surface area contributed by atoms with E-state index in [2.05, 4.69) is 4.72 Å². The number of anilines is 1. The van der Waals surface area contributed by atoms with Gasteiger partial charge in [0.1, 0.15) is 5.76 Å². The molecule has 0 aliphatic heterocycles. The summed E-state index contributed by atoms with van der Waals surface area (Å²) in [6.45, 7) is 3.90. The average Bonchev–Trinajstić information content (AvgIpc) is 2.83. The van der Waals surface area contributed by atoms with Crippen LogP contribution in [0.15, 0.2) is 39.8 Å². The molecule has 0 atom stereocenters. The van der Waals surface area contributed by atoms with Crippen molar-refractivity contribution in [2.75, 3.05) is 4.72 Å². The second kappa shape index (κ2) is 5.07. The molecule has 0 fully saturated rings. The first-order valence-corrected chi connectivity index (χ1v) is 7.29. The quantitative estimate of drug-likeness (QED) is 0.898. The van der Waals surface area contributed by atoms with Gasteiger partial charge in [-0.2, -0.15) is 8.42 Å².